The number of carbonyl (C=O) groups excluding carboxylic acids is 1. The largest absolute Gasteiger partial charge is 0.416 e. The van der Waals surface area contributed by atoms with E-state index in [4.69, 9.17) is 0 Å². The van der Waals surface area contributed by atoms with E-state index >= 15 is 0 Å². The molecule has 0 fully saturated rings. The summed E-state index contributed by atoms with van der Waals surface area (Å²) in [7, 11) is 0. The van der Waals surface area contributed by atoms with Gasteiger partial charge >= 0.3 is 6.18 Å². The Kier molecular flexibility index (Phi) is 5.45. The lowest BCUT2D eigenvalue weighted by Gasteiger charge is -2.41. The SMILES string of the molecule is Cc1ccc([C@@H]2C(C#N)=C(n3cccc3)N(c3cccc(C(F)(F)F)c3)C3=C2C(=O)CCC3)s1. The number of Topliss-reactive ketones (excluding diaryl/α,β-unsaturated/α-hetero) is 1. The number of aryl methyl sites for hydroxylation is 1. The molecule has 3 aromatic rings. The van der Waals surface area contributed by atoms with Crippen LogP contribution in [0.2, 0.25) is 0 Å². The Morgan fingerprint density at radius 3 is 2.50 bits per heavy atom. The van der Waals surface area contributed by atoms with Crippen LogP contribution in [0.3, 0.4) is 0 Å². The molecule has 5 rings (SSSR count). The molecule has 4 nitrogen and oxygen atoms in total. The Balaban J connectivity index is 1.83. The predicted molar refractivity (Wildman–Crippen MR) is 125 cm³/mol. The van der Waals surface area contributed by atoms with E-state index in [1.165, 1.54) is 17.4 Å². The van der Waals surface area contributed by atoms with Crippen molar-refractivity contribution < 1.29 is 18.0 Å². The summed E-state index contributed by atoms with van der Waals surface area (Å²) < 4.78 is 42.5. The topological polar surface area (TPSA) is 49.0 Å². The summed E-state index contributed by atoms with van der Waals surface area (Å²) in [6, 6.07) is 14.9. The van der Waals surface area contributed by atoms with E-state index < -0.39 is 17.7 Å². The lowest BCUT2D eigenvalue weighted by Crippen LogP contribution is -2.36. The number of anilines is 1. The van der Waals surface area contributed by atoms with Gasteiger partial charge in [0.15, 0.2) is 5.78 Å². The molecule has 0 radical (unpaired) electrons. The van der Waals surface area contributed by atoms with E-state index in [-0.39, 0.29) is 11.5 Å². The number of nitrogens with zero attached hydrogens (tertiary/aromatic N) is 3. The van der Waals surface area contributed by atoms with E-state index in [0.717, 1.165) is 21.9 Å². The van der Waals surface area contributed by atoms with Gasteiger partial charge in [-0.1, -0.05) is 6.07 Å². The number of carbonyl (C=O) groups is 1. The Morgan fingerprint density at radius 1 is 1.09 bits per heavy atom. The number of hydrogen-bond acceptors (Lipinski definition) is 4. The third-order valence-corrected chi connectivity index (χ3v) is 7.24. The highest BCUT2D eigenvalue weighted by Crippen LogP contribution is 2.50. The van der Waals surface area contributed by atoms with E-state index in [1.807, 2.05) is 19.1 Å². The molecule has 3 heterocycles. The molecule has 0 saturated heterocycles. The minimum absolute atomic E-state index is 0.0615. The molecule has 1 aliphatic heterocycles. The summed E-state index contributed by atoms with van der Waals surface area (Å²) >= 11 is 1.53. The summed E-state index contributed by atoms with van der Waals surface area (Å²) in [6.07, 6.45) is 0.498. The van der Waals surface area contributed by atoms with Crippen molar-refractivity contribution in [3.8, 4) is 6.07 Å². The van der Waals surface area contributed by atoms with Gasteiger partial charge in [-0.15, -0.1) is 11.3 Å². The lowest BCUT2D eigenvalue weighted by molar-refractivity contribution is -0.137. The molecule has 8 heteroatoms. The van der Waals surface area contributed by atoms with Gasteiger partial charge in [0.1, 0.15) is 5.82 Å². The Bertz CT molecular complexity index is 1370. The molecule has 34 heavy (non-hydrogen) atoms. The number of hydrogen-bond donors (Lipinski definition) is 0. The molecule has 0 saturated carbocycles. The number of ketones is 1. The normalized spacial score (nSPS) is 18.9. The van der Waals surface area contributed by atoms with E-state index in [0.29, 0.717) is 41.9 Å². The minimum Gasteiger partial charge on any atom is -0.309 e. The fourth-order valence-electron chi connectivity index (χ4n) is 4.77. The predicted octanol–water partition coefficient (Wildman–Crippen LogP) is 6.88. The van der Waals surface area contributed by atoms with Gasteiger partial charge in [-0.05, 0) is 62.2 Å². The molecular formula is C26H20F3N3OS. The monoisotopic (exact) mass is 479 g/mol. The Hall–Kier alpha value is -3.57. The van der Waals surface area contributed by atoms with Gasteiger partial charge in [0.2, 0.25) is 0 Å². The second-order valence-electron chi connectivity index (χ2n) is 8.34. The smallest absolute Gasteiger partial charge is 0.309 e. The van der Waals surface area contributed by atoms with Gasteiger partial charge in [0.05, 0.1) is 23.1 Å². The third kappa shape index (κ3) is 3.66. The van der Waals surface area contributed by atoms with Crippen LogP contribution in [0, 0.1) is 18.3 Å². The van der Waals surface area contributed by atoms with Crippen molar-refractivity contribution >= 4 is 28.6 Å². The maximum atomic E-state index is 13.6. The van der Waals surface area contributed by atoms with Crippen molar-refractivity contribution in [2.24, 2.45) is 0 Å². The number of thiophene rings is 1. The molecule has 172 valence electrons. The second-order valence-corrected chi connectivity index (χ2v) is 9.66. The maximum Gasteiger partial charge on any atom is 0.416 e. The molecule has 0 amide bonds. The van der Waals surface area contributed by atoms with Crippen LogP contribution in [0.25, 0.3) is 5.82 Å². The molecule has 2 aliphatic rings. The number of allylic oxidation sites excluding steroid dienone is 3. The van der Waals surface area contributed by atoms with Crippen LogP contribution in [0.1, 0.15) is 40.5 Å². The van der Waals surface area contributed by atoms with Gasteiger partial charge < -0.3 is 4.57 Å². The highest BCUT2D eigenvalue weighted by Gasteiger charge is 2.42. The van der Waals surface area contributed by atoms with Gasteiger partial charge in [0.25, 0.3) is 0 Å². The highest BCUT2D eigenvalue weighted by atomic mass is 32.1. The number of nitriles is 1. The maximum absolute atomic E-state index is 13.6. The molecule has 1 aromatic carbocycles. The van der Waals surface area contributed by atoms with Crippen molar-refractivity contribution in [2.45, 2.75) is 38.3 Å². The van der Waals surface area contributed by atoms with E-state index in [2.05, 4.69) is 6.07 Å². The zero-order valence-corrected chi connectivity index (χ0v) is 19.1. The number of rotatable bonds is 3. The first-order chi connectivity index (χ1) is 16.3. The lowest BCUT2D eigenvalue weighted by atomic mass is 9.78. The van der Waals surface area contributed by atoms with Crippen LogP contribution in [-0.2, 0) is 11.0 Å². The second kappa shape index (κ2) is 8.33. The van der Waals surface area contributed by atoms with Crippen LogP contribution in [0.5, 0.6) is 0 Å². The zero-order chi connectivity index (χ0) is 24.0. The Labute approximate surface area is 198 Å². The molecule has 1 atom stereocenters. The van der Waals surface area contributed by atoms with Crippen LogP contribution in [0.4, 0.5) is 18.9 Å². The number of benzene rings is 1. The zero-order valence-electron chi connectivity index (χ0n) is 18.3. The van der Waals surface area contributed by atoms with Crippen LogP contribution < -0.4 is 4.90 Å². The molecule has 1 aliphatic carbocycles. The average molecular weight is 480 g/mol. The van der Waals surface area contributed by atoms with Crippen molar-refractivity contribution in [1.82, 2.24) is 4.57 Å². The third-order valence-electron chi connectivity index (χ3n) is 6.18. The molecule has 0 bridgehead atoms. The number of halogens is 3. The standard InChI is InChI=1S/C26H20F3N3OS/c1-16-10-11-22(34-16)23-19(15-30)25(31-12-2-3-13-31)32(20-8-5-9-21(33)24(20)23)18-7-4-6-17(14-18)26(27,28)29/h2-4,6-7,10-14,23H,5,8-9H2,1H3/t23-/m0/s1. The summed E-state index contributed by atoms with van der Waals surface area (Å²) in [5, 5.41) is 10.4. The van der Waals surface area contributed by atoms with Gasteiger partial charge in [-0.25, -0.2) is 0 Å². The molecular weight excluding hydrogens is 459 g/mol. The highest BCUT2D eigenvalue weighted by molar-refractivity contribution is 7.12. The quantitative estimate of drug-likeness (QED) is 0.411. The first kappa shape index (κ1) is 22.2. The van der Waals surface area contributed by atoms with Gasteiger partial charge in [-0.2, -0.15) is 18.4 Å². The van der Waals surface area contributed by atoms with Crippen molar-refractivity contribution in [1.29, 1.82) is 5.26 Å². The van der Waals surface area contributed by atoms with Crippen LogP contribution in [-0.4, -0.2) is 10.4 Å². The molecule has 0 unspecified atom stereocenters. The van der Waals surface area contributed by atoms with E-state index in [1.54, 1.807) is 40.1 Å². The van der Waals surface area contributed by atoms with Crippen molar-refractivity contribution in [3.05, 3.63) is 93.1 Å². The number of alkyl halides is 3. The average Bonchev–Trinajstić information content (AvgIpc) is 3.49. The summed E-state index contributed by atoms with van der Waals surface area (Å²) in [6.45, 7) is 1.96. The van der Waals surface area contributed by atoms with Crippen molar-refractivity contribution in [3.63, 3.8) is 0 Å². The summed E-state index contributed by atoms with van der Waals surface area (Å²) in [5.41, 5.74) is 1.00. The molecule has 2 aromatic heterocycles. The first-order valence-electron chi connectivity index (χ1n) is 10.9. The number of aromatic nitrogens is 1. The fourth-order valence-corrected chi connectivity index (χ4v) is 5.76. The summed E-state index contributed by atoms with van der Waals surface area (Å²) in [5.74, 6) is -0.157. The minimum atomic E-state index is -4.52. The van der Waals surface area contributed by atoms with Crippen LogP contribution in [0.15, 0.2) is 77.8 Å². The Morgan fingerprint density at radius 2 is 1.85 bits per heavy atom. The summed E-state index contributed by atoms with van der Waals surface area (Å²) in [4.78, 5) is 16.9. The van der Waals surface area contributed by atoms with Gasteiger partial charge in [-0.3, -0.25) is 9.69 Å². The van der Waals surface area contributed by atoms with Gasteiger partial charge in [0, 0.05) is 45.5 Å². The van der Waals surface area contributed by atoms with Crippen LogP contribution >= 0.6 is 11.3 Å². The fraction of sp³-hybridized carbons (Fsp3) is 0.231. The first-order valence-corrected chi connectivity index (χ1v) is 11.7. The van der Waals surface area contributed by atoms with E-state index in [9.17, 15) is 23.2 Å². The molecule has 0 N–H and O–H groups in total. The van der Waals surface area contributed by atoms with Crippen molar-refractivity contribution in [2.75, 3.05) is 4.90 Å². The molecule has 0 spiro atoms.